The van der Waals surface area contributed by atoms with Gasteiger partial charge in [-0.05, 0) is 19.4 Å². The van der Waals surface area contributed by atoms with E-state index in [0.717, 1.165) is 37.3 Å². The fraction of sp³-hybridized carbons (Fsp3) is 0.583. The second-order valence-electron chi connectivity index (χ2n) is 4.32. The lowest BCUT2D eigenvalue weighted by Crippen LogP contribution is -2.26. The van der Waals surface area contributed by atoms with Gasteiger partial charge >= 0.3 is 0 Å². The summed E-state index contributed by atoms with van der Waals surface area (Å²) in [7, 11) is 0. The molecule has 2 aromatic heterocycles. The molecule has 7 heteroatoms. The van der Waals surface area contributed by atoms with Crippen molar-refractivity contribution >= 4 is 23.3 Å². The Kier molecular flexibility index (Phi) is 5.30. The van der Waals surface area contributed by atoms with E-state index in [4.69, 9.17) is 11.6 Å². The molecule has 0 amide bonds. The van der Waals surface area contributed by atoms with Crippen LogP contribution in [0.5, 0.6) is 0 Å². The van der Waals surface area contributed by atoms with Gasteiger partial charge in [-0.1, -0.05) is 25.4 Å². The molecule has 104 valence electrons. The fourth-order valence-corrected chi connectivity index (χ4v) is 2.68. The van der Waals surface area contributed by atoms with E-state index in [-0.39, 0.29) is 6.04 Å². The van der Waals surface area contributed by atoms with Crippen LogP contribution >= 0.6 is 23.3 Å². The van der Waals surface area contributed by atoms with Crippen molar-refractivity contribution in [3.8, 4) is 0 Å². The minimum atomic E-state index is -0.0414. The van der Waals surface area contributed by atoms with Crippen molar-refractivity contribution < 1.29 is 0 Å². The van der Waals surface area contributed by atoms with E-state index in [1.165, 1.54) is 11.7 Å². The van der Waals surface area contributed by atoms with E-state index >= 15 is 0 Å². The van der Waals surface area contributed by atoms with Gasteiger partial charge in [-0.25, -0.2) is 0 Å². The molecule has 2 aromatic rings. The number of aryl methyl sites for hydroxylation is 1. The van der Waals surface area contributed by atoms with Crippen LogP contribution < -0.4 is 5.32 Å². The summed E-state index contributed by atoms with van der Waals surface area (Å²) in [5.74, 6) is 0. The van der Waals surface area contributed by atoms with Gasteiger partial charge in [-0.3, -0.25) is 4.68 Å². The lowest BCUT2D eigenvalue weighted by Gasteiger charge is -2.18. The summed E-state index contributed by atoms with van der Waals surface area (Å²) in [6.45, 7) is 6.01. The molecular weight excluding hydrogens is 282 g/mol. The summed E-state index contributed by atoms with van der Waals surface area (Å²) in [5, 5.41) is 8.49. The summed E-state index contributed by atoms with van der Waals surface area (Å²) in [5.41, 5.74) is 1.88. The Morgan fingerprint density at radius 1 is 1.37 bits per heavy atom. The zero-order chi connectivity index (χ0) is 13.7. The Balaban J connectivity index is 2.34. The van der Waals surface area contributed by atoms with E-state index in [1.54, 1.807) is 12.4 Å². The maximum atomic E-state index is 6.30. The number of rotatable bonds is 7. The van der Waals surface area contributed by atoms with Gasteiger partial charge in [-0.2, -0.15) is 13.8 Å². The number of aromatic nitrogens is 4. The Bertz CT molecular complexity index is 496. The topological polar surface area (TPSA) is 55.6 Å². The number of halogens is 1. The van der Waals surface area contributed by atoms with Crippen LogP contribution in [0.25, 0.3) is 0 Å². The third kappa shape index (κ3) is 3.32. The standard InChI is InChI=1S/C12H18ClN5S/c1-3-5-14-11(10-8-16-19-17-10)12-9(13)7-15-18(12)6-4-2/h7-8,11,14H,3-6H2,1-2H3. The van der Waals surface area contributed by atoms with Crippen LogP contribution in [0.15, 0.2) is 12.4 Å². The highest BCUT2D eigenvalue weighted by Crippen LogP contribution is 2.27. The van der Waals surface area contributed by atoms with Crippen molar-refractivity contribution in [2.45, 2.75) is 39.3 Å². The van der Waals surface area contributed by atoms with Gasteiger partial charge in [-0.15, -0.1) is 0 Å². The second kappa shape index (κ2) is 6.98. The second-order valence-corrected chi connectivity index (χ2v) is 5.28. The van der Waals surface area contributed by atoms with Crippen LogP contribution in [-0.4, -0.2) is 25.1 Å². The van der Waals surface area contributed by atoms with Gasteiger partial charge in [0.25, 0.3) is 0 Å². The lowest BCUT2D eigenvalue weighted by atomic mass is 10.1. The number of nitrogens with zero attached hydrogens (tertiary/aromatic N) is 4. The molecule has 0 saturated carbocycles. The van der Waals surface area contributed by atoms with Crippen molar-refractivity contribution in [2.75, 3.05) is 6.54 Å². The minimum Gasteiger partial charge on any atom is -0.304 e. The van der Waals surface area contributed by atoms with Crippen molar-refractivity contribution in [1.29, 1.82) is 0 Å². The SMILES string of the molecule is CCCNC(c1cnsn1)c1c(Cl)cnn1CCC. The van der Waals surface area contributed by atoms with E-state index in [9.17, 15) is 0 Å². The van der Waals surface area contributed by atoms with Crippen molar-refractivity contribution in [3.05, 3.63) is 28.8 Å². The largest absolute Gasteiger partial charge is 0.304 e. The molecule has 0 spiro atoms. The first-order chi connectivity index (χ1) is 9.27. The predicted octanol–water partition coefficient (Wildman–Crippen LogP) is 2.89. The van der Waals surface area contributed by atoms with Crippen LogP contribution in [-0.2, 0) is 6.54 Å². The highest BCUT2D eigenvalue weighted by atomic mass is 35.5. The summed E-state index contributed by atoms with van der Waals surface area (Å²) in [4.78, 5) is 0. The number of hydrogen-bond donors (Lipinski definition) is 1. The van der Waals surface area contributed by atoms with Crippen molar-refractivity contribution in [2.24, 2.45) is 0 Å². The molecule has 0 aliphatic carbocycles. The van der Waals surface area contributed by atoms with Crippen LogP contribution in [0.2, 0.25) is 5.02 Å². The van der Waals surface area contributed by atoms with E-state index in [1.807, 2.05) is 4.68 Å². The third-order valence-electron chi connectivity index (χ3n) is 2.81. The summed E-state index contributed by atoms with van der Waals surface area (Å²) >= 11 is 7.51. The highest BCUT2D eigenvalue weighted by molar-refractivity contribution is 6.99. The van der Waals surface area contributed by atoms with Gasteiger partial charge < -0.3 is 5.32 Å². The monoisotopic (exact) mass is 299 g/mol. The highest BCUT2D eigenvalue weighted by Gasteiger charge is 2.23. The quantitative estimate of drug-likeness (QED) is 0.854. The zero-order valence-electron chi connectivity index (χ0n) is 11.1. The summed E-state index contributed by atoms with van der Waals surface area (Å²) in [6, 6.07) is -0.0414. The molecular formula is C12H18ClN5S. The van der Waals surface area contributed by atoms with Crippen LogP contribution in [0.1, 0.15) is 44.1 Å². The molecule has 1 N–H and O–H groups in total. The van der Waals surface area contributed by atoms with Crippen LogP contribution in [0.3, 0.4) is 0 Å². The van der Waals surface area contributed by atoms with E-state index < -0.39 is 0 Å². The molecule has 0 radical (unpaired) electrons. The van der Waals surface area contributed by atoms with E-state index in [2.05, 4.69) is 33.0 Å². The van der Waals surface area contributed by atoms with Gasteiger partial charge in [0.2, 0.25) is 0 Å². The lowest BCUT2D eigenvalue weighted by molar-refractivity contribution is 0.507. The first-order valence-corrected chi connectivity index (χ1v) is 7.60. The Labute approximate surface area is 122 Å². The van der Waals surface area contributed by atoms with Crippen LogP contribution in [0.4, 0.5) is 0 Å². The van der Waals surface area contributed by atoms with Gasteiger partial charge in [0.1, 0.15) is 0 Å². The Hall–Kier alpha value is -0.980. The molecule has 0 bridgehead atoms. The predicted molar refractivity (Wildman–Crippen MR) is 77.6 cm³/mol. The van der Waals surface area contributed by atoms with Gasteiger partial charge in [0.15, 0.2) is 0 Å². The molecule has 19 heavy (non-hydrogen) atoms. The van der Waals surface area contributed by atoms with Crippen LogP contribution in [0, 0.1) is 0 Å². The van der Waals surface area contributed by atoms with Crippen molar-refractivity contribution in [1.82, 2.24) is 23.8 Å². The van der Waals surface area contributed by atoms with Gasteiger partial charge in [0, 0.05) is 6.54 Å². The first kappa shape index (κ1) is 14.4. The molecule has 0 fully saturated rings. The molecule has 2 heterocycles. The minimum absolute atomic E-state index is 0.0414. The van der Waals surface area contributed by atoms with E-state index in [0.29, 0.717) is 5.02 Å². The first-order valence-electron chi connectivity index (χ1n) is 6.50. The normalized spacial score (nSPS) is 12.8. The maximum absolute atomic E-state index is 6.30. The molecule has 5 nitrogen and oxygen atoms in total. The molecule has 0 aliphatic heterocycles. The van der Waals surface area contributed by atoms with Gasteiger partial charge in [0.05, 0.1) is 46.6 Å². The molecule has 1 atom stereocenters. The average Bonchev–Trinajstić information content (AvgIpc) is 3.03. The molecule has 0 saturated heterocycles. The summed E-state index contributed by atoms with van der Waals surface area (Å²) in [6.07, 6.45) is 5.55. The third-order valence-corrected chi connectivity index (χ3v) is 3.60. The summed E-state index contributed by atoms with van der Waals surface area (Å²) < 4.78 is 10.4. The Morgan fingerprint density at radius 2 is 2.21 bits per heavy atom. The average molecular weight is 300 g/mol. The smallest absolute Gasteiger partial charge is 0.0974 e. The molecule has 2 rings (SSSR count). The Morgan fingerprint density at radius 3 is 2.84 bits per heavy atom. The molecule has 1 unspecified atom stereocenters. The number of nitrogens with one attached hydrogen (secondary N) is 1. The number of hydrogen-bond acceptors (Lipinski definition) is 5. The van der Waals surface area contributed by atoms with Crippen molar-refractivity contribution in [3.63, 3.8) is 0 Å². The molecule has 0 aromatic carbocycles. The fourth-order valence-electron chi connectivity index (χ4n) is 1.98. The zero-order valence-corrected chi connectivity index (χ0v) is 12.7. The molecule has 0 aliphatic rings. The maximum Gasteiger partial charge on any atom is 0.0974 e.